The maximum atomic E-state index is 12.7. The maximum Gasteiger partial charge on any atom is 0.416 e. The summed E-state index contributed by atoms with van der Waals surface area (Å²) in [4.78, 5) is 7.73. The summed E-state index contributed by atoms with van der Waals surface area (Å²) in [7, 11) is 0. The Labute approximate surface area is 115 Å². The summed E-state index contributed by atoms with van der Waals surface area (Å²) in [5.41, 5.74) is 4.71. The van der Waals surface area contributed by atoms with Gasteiger partial charge in [-0.1, -0.05) is 17.3 Å². The summed E-state index contributed by atoms with van der Waals surface area (Å²) < 4.78 is 42.9. The Bertz CT molecular complexity index is 778. The normalized spacial score (nSPS) is 11.8. The quantitative estimate of drug-likeness (QED) is 0.750. The Kier molecular flexibility index (Phi) is 2.85. The largest absolute Gasteiger partial charge is 0.416 e. The van der Waals surface area contributed by atoms with Crippen LogP contribution in [0.1, 0.15) is 5.56 Å². The van der Waals surface area contributed by atoms with Gasteiger partial charge in [0.2, 0.25) is 17.6 Å². The van der Waals surface area contributed by atoms with Gasteiger partial charge in [0.15, 0.2) is 0 Å². The maximum absolute atomic E-state index is 12.7. The zero-order chi connectivity index (χ0) is 15.0. The van der Waals surface area contributed by atoms with E-state index in [1.54, 1.807) is 0 Å². The number of alkyl halides is 3. The molecular formula is C11H7F3N6O. The smallest absolute Gasteiger partial charge is 0.366 e. The number of nitrogens with one attached hydrogen (secondary N) is 1. The highest BCUT2D eigenvalue weighted by Gasteiger charge is 2.30. The van der Waals surface area contributed by atoms with Crippen molar-refractivity contribution in [2.24, 2.45) is 0 Å². The molecule has 0 amide bonds. The van der Waals surface area contributed by atoms with E-state index < -0.39 is 11.7 Å². The van der Waals surface area contributed by atoms with E-state index in [2.05, 4.69) is 25.3 Å². The van der Waals surface area contributed by atoms with Gasteiger partial charge in [0.1, 0.15) is 0 Å². The number of hydrogen-bond donors (Lipinski definition) is 2. The zero-order valence-corrected chi connectivity index (χ0v) is 10.2. The van der Waals surface area contributed by atoms with Gasteiger partial charge in [-0.2, -0.15) is 23.1 Å². The molecular weight excluding hydrogens is 289 g/mol. The number of aromatic amines is 1. The molecule has 0 unspecified atom stereocenters. The lowest BCUT2D eigenvalue weighted by Gasteiger charge is -2.06. The molecule has 0 aliphatic heterocycles. The first-order valence-corrected chi connectivity index (χ1v) is 5.63. The number of aromatic nitrogens is 5. The van der Waals surface area contributed by atoms with Crippen molar-refractivity contribution in [2.75, 3.05) is 5.73 Å². The molecule has 0 aliphatic rings. The van der Waals surface area contributed by atoms with Crippen molar-refractivity contribution in [3.05, 3.63) is 29.8 Å². The molecule has 0 atom stereocenters. The fourth-order valence-corrected chi connectivity index (χ4v) is 1.64. The van der Waals surface area contributed by atoms with Crippen LogP contribution in [0.5, 0.6) is 0 Å². The molecule has 7 nitrogen and oxygen atoms in total. The summed E-state index contributed by atoms with van der Waals surface area (Å²) in [5.74, 6) is 0.111. The molecule has 3 N–H and O–H groups in total. The molecule has 0 saturated heterocycles. The molecule has 0 bridgehead atoms. The van der Waals surface area contributed by atoms with Crippen molar-refractivity contribution >= 4 is 5.95 Å². The highest BCUT2D eigenvalue weighted by Crippen LogP contribution is 2.31. The van der Waals surface area contributed by atoms with Crippen molar-refractivity contribution in [3.63, 3.8) is 0 Å². The molecule has 0 saturated carbocycles. The van der Waals surface area contributed by atoms with E-state index in [4.69, 9.17) is 10.3 Å². The zero-order valence-electron chi connectivity index (χ0n) is 10.2. The summed E-state index contributed by atoms with van der Waals surface area (Å²) in [6.07, 6.45) is -4.44. The molecule has 1 aromatic carbocycles. The van der Waals surface area contributed by atoms with Crippen molar-refractivity contribution in [1.82, 2.24) is 25.3 Å². The highest BCUT2D eigenvalue weighted by molar-refractivity contribution is 5.58. The van der Waals surface area contributed by atoms with Gasteiger partial charge < -0.3 is 10.3 Å². The van der Waals surface area contributed by atoms with E-state index in [1.807, 2.05) is 0 Å². The van der Waals surface area contributed by atoms with Crippen LogP contribution in [0.2, 0.25) is 0 Å². The molecule has 3 aromatic rings. The molecule has 0 fully saturated rings. The lowest BCUT2D eigenvalue weighted by Crippen LogP contribution is -2.04. The van der Waals surface area contributed by atoms with E-state index >= 15 is 0 Å². The standard InChI is InChI=1S/C11H7F3N6O/c12-11(13,14)6-3-1-2-5(4-6)7-16-9(21-20-7)8-17-10(15)19-18-8/h1-4H,(H3,15,17,18,19). The summed E-state index contributed by atoms with van der Waals surface area (Å²) in [6, 6.07) is 4.60. The minimum Gasteiger partial charge on any atom is -0.366 e. The average Bonchev–Trinajstić information content (AvgIpc) is 3.06. The van der Waals surface area contributed by atoms with Crippen LogP contribution in [-0.4, -0.2) is 25.3 Å². The predicted octanol–water partition coefficient (Wildman–Crippen LogP) is 2.12. The Morgan fingerprint density at radius 2 is 2.00 bits per heavy atom. The van der Waals surface area contributed by atoms with Gasteiger partial charge in [-0.25, -0.2) is 0 Å². The van der Waals surface area contributed by atoms with Gasteiger partial charge in [0.25, 0.3) is 5.89 Å². The van der Waals surface area contributed by atoms with Crippen LogP contribution < -0.4 is 5.73 Å². The fraction of sp³-hybridized carbons (Fsp3) is 0.0909. The third kappa shape index (κ3) is 2.55. The Morgan fingerprint density at radius 3 is 2.67 bits per heavy atom. The number of nitrogen functional groups attached to an aromatic ring is 1. The minimum atomic E-state index is -4.44. The number of rotatable bonds is 2. The van der Waals surface area contributed by atoms with Crippen LogP contribution >= 0.6 is 0 Å². The van der Waals surface area contributed by atoms with Gasteiger partial charge in [-0.3, -0.25) is 5.10 Å². The SMILES string of the molecule is Nc1n[nH]c(-c2nc(-c3cccc(C(F)(F)F)c3)no2)n1. The van der Waals surface area contributed by atoms with Crippen LogP contribution in [0.25, 0.3) is 23.1 Å². The van der Waals surface area contributed by atoms with Crippen LogP contribution in [0, 0.1) is 0 Å². The van der Waals surface area contributed by atoms with Crippen LogP contribution in [0.4, 0.5) is 19.1 Å². The van der Waals surface area contributed by atoms with Crippen LogP contribution in [0.15, 0.2) is 28.8 Å². The Hall–Kier alpha value is -2.91. The molecule has 2 aromatic heterocycles. The lowest BCUT2D eigenvalue weighted by atomic mass is 10.1. The number of nitrogens with two attached hydrogens (primary N) is 1. The van der Waals surface area contributed by atoms with Crippen LogP contribution in [-0.2, 0) is 6.18 Å². The molecule has 0 aliphatic carbocycles. The third-order valence-electron chi connectivity index (χ3n) is 2.58. The molecule has 21 heavy (non-hydrogen) atoms. The number of benzene rings is 1. The Balaban J connectivity index is 1.97. The monoisotopic (exact) mass is 296 g/mol. The number of nitrogens with zero attached hydrogens (tertiary/aromatic N) is 4. The first-order chi connectivity index (χ1) is 9.93. The van der Waals surface area contributed by atoms with Gasteiger partial charge >= 0.3 is 6.18 Å². The van der Waals surface area contributed by atoms with Gasteiger partial charge in [-0.05, 0) is 12.1 Å². The van der Waals surface area contributed by atoms with E-state index in [9.17, 15) is 13.2 Å². The first-order valence-electron chi connectivity index (χ1n) is 5.63. The van der Waals surface area contributed by atoms with Gasteiger partial charge in [0.05, 0.1) is 5.56 Å². The predicted molar refractivity (Wildman–Crippen MR) is 64.5 cm³/mol. The second kappa shape index (κ2) is 4.58. The van der Waals surface area contributed by atoms with Gasteiger partial charge in [-0.15, -0.1) is 5.10 Å². The number of H-pyrrole nitrogens is 1. The number of anilines is 1. The van der Waals surface area contributed by atoms with E-state index in [1.165, 1.54) is 12.1 Å². The average molecular weight is 296 g/mol. The molecule has 3 rings (SSSR count). The van der Waals surface area contributed by atoms with Crippen molar-refractivity contribution in [3.8, 4) is 23.1 Å². The van der Waals surface area contributed by atoms with E-state index in [-0.39, 0.29) is 29.1 Å². The van der Waals surface area contributed by atoms with Crippen molar-refractivity contribution < 1.29 is 17.7 Å². The second-order valence-electron chi connectivity index (χ2n) is 4.04. The second-order valence-corrected chi connectivity index (χ2v) is 4.04. The number of hydrogen-bond acceptors (Lipinski definition) is 6. The summed E-state index contributed by atoms with van der Waals surface area (Å²) in [5, 5.41) is 9.66. The minimum absolute atomic E-state index is 0.00562. The van der Waals surface area contributed by atoms with Crippen molar-refractivity contribution in [2.45, 2.75) is 6.18 Å². The highest BCUT2D eigenvalue weighted by atomic mass is 19.4. The van der Waals surface area contributed by atoms with Gasteiger partial charge in [0, 0.05) is 5.56 Å². The number of halogens is 3. The Morgan fingerprint density at radius 1 is 1.19 bits per heavy atom. The van der Waals surface area contributed by atoms with E-state index in [0.717, 1.165) is 12.1 Å². The molecule has 108 valence electrons. The third-order valence-corrected chi connectivity index (χ3v) is 2.58. The van der Waals surface area contributed by atoms with E-state index in [0.29, 0.717) is 0 Å². The molecule has 0 spiro atoms. The molecule has 2 heterocycles. The first kappa shape index (κ1) is 13.1. The van der Waals surface area contributed by atoms with Crippen LogP contribution in [0.3, 0.4) is 0 Å². The molecule has 0 radical (unpaired) electrons. The summed E-state index contributed by atoms with van der Waals surface area (Å²) in [6.45, 7) is 0. The topological polar surface area (TPSA) is 107 Å². The molecule has 10 heteroatoms. The lowest BCUT2D eigenvalue weighted by molar-refractivity contribution is -0.137. The van der Waals surface area contributed by atoms with Crippen molar-refractivity contribution in [1.29, 1.82) is 0 Å². The summed E-state index contributed by atoms with van der Waals surface area (Å²) >= 11 is 0. The fourth-order valence-electron chi connectivity index (χ4n) is 1.64.